The molecule has 1 aliphatic rings. The third kappa shape index (κ3) is 3.89. The van der Waals surface area contributed by atoms with Crippen LogP contribution in [0.5, 0.6) is 0 Å². The molecule has 0 unspecified atom stereocenters. The summed E-state index contributed by atoms with van der Waals surface area (Å²) in [6.45, 7) is 2.07. The fraction of sp³-hybridized carbons (Fsp3) is 0.333. The second kappa shape index (κ2) is 7.10. The van der Waals surface area contributed by atoms with Crippen LogP contribution in [0.2, 0.25) is 0 Å². The molecule has 120 valence electrons. The van der Waals surface area contributed by atoms with Crippen LogP contribution in [-0.2, 0) is 11.2 Å². The first kappa shape index (κ1) is 15.9. The van der Waals surface area contributed by atoms with E-state index in [4.69, 9.17) is 0 Å². The van der Waals surface area contributed by atoms with E-state index >= 15 is 0 Å². The van der Waals surface area contributed by atoms with Crippen LogP contribution < -0.4 is 10.6 Å². The highest BCUT2D eigenvalue weighted by Crippen LogP contribution is 2.31. The summed E-state index contributed by atoms with van der Waals surface area (Å²) < 4.78 is 0. The largest absolute Gasteiger partial charge is 0.325 e. The molecule has 2 N–H and O–H groups in total. The minimum absolute atomic E-state index is 0.0258. The van der Waals surface area contributed by atoms with Crippen LogP contribution >= 0.6 is 23.1 Å². The number of nitrogens with zero attached hydrogens (tertiary/aromatic N) is 2. The number of carbonyl (C=O) groups is 2. The molecule has 1 aromatic carbocycles. The summed E-state index contributed by atoms with van der Waals surface area (Å²) >= 11 is 3.00. The van der Waals surface area contributed by atoms with E-state index in [1.54, 1.807) is 23.9 Å². The van der Waals surface area contributed by atoms with Crippen molar-refractivity contribution in [2.45, 2.75) is 31.1 Å². The number of amides is 2. The van der Waals surface area contributed by atoms with Crippen molar-refractivity contribution >= 4 is 45.7 Å². The zero-order valence-electron chi connectivity index (χ0n) is 12.6. The lowest BCUT2D eigenvalue weighted by Gasteiger charge is -2.08. The molecule has 0 atom stereocenters. The van der Waals surface area contributed by atoms with Crippen molar-refractivity contribution in [3.8, 4) is 0 Å². The number of hydrogen-bond acceptors (Lipinski definition) is 6. The Hall–Kier alpha value is -1.93. The Labute approximate surface area is 142 Å². The molecule has 0 spiro atoms. The Morgan fingerprint density at radius 1 is 1.39 bits per heavy atom. The van der Waals surface area contributed by atoms with Gasteiger partial charge in [-0.2, -0.15) is 0 Å². The number of thioether (sulfide) groups is 1. The molecule has 6 nitrogen and oxygen atoms in total. The summed E-state index contributed by atoms with van der Waals surface area (Å²) in [5, 5.41) is 15.0. The highest BCUT2D eigenvalue weighted by Gasteiger charge is 2.16. The van der Waals surface area contributed by atoms with E-state index in [1.165, 1.54) is 11.3 Å². The minimum atomic E-state index is -0.254. The summed E-state index contributed by atoms with van der Waals surface area (Å²) in [7, 11) is 0. The first-order chi connectivity index (χ1) is 11.2. The van der Waals surface area contributed by atoms with Crippen LogP contribution in [0.15, 0.2) is 23.1 Å². The molecular weight excluding hydrogens is 332 g/mol. The van der Waals surface area contributed by atoms with Crippen molar-refractivity contribution in [3.63, 3.8) is 0 Å². The molecule has 0 aliphatic carbocycles. The molecule has 0 bridgehead atoms. The fourth-order valence-corrected chi connectivity index (χ4v) is 3.92. The van der Waals surface area contributed by atoms with Gasteiger partial charge in [0.2, 0.25) is 11.0 Å². The maximum Gasteiger partial charge on any atom is 0.257 e. The Kier molecular flexibility index (Phi) is 4.92. The molecule has 2 aromatic rings. The van der Waals surface area contributed by atoms with Crippen LogP contribution in [0.3, 0.4) is 0 Å². The minimum Gasteiger partial charge on any atom is -0.325 e. The van der Waals surface area contributed by atoms with Crippen molar-refractivity contribution in [3.05, 3.63) is 28.8 Å². The third-order valence-electron chi connectivity index (χ3n) is 3.25. The SMILES string of the molecule is CCCc1nnc(NC(=O)c2ccc3c(c2)NC(=O)CCS3)s1. The molecule has 0 fully saturated rings. The molecule has 0 saturated heterocycles. The van der Waals surface area contributed by atoms with Gasteiger partial charge in [0.05, 0.1) is 5.69 Å². The van der Waals surface area contributed by atoms with Crippen molar-refractivity contribution in [1.82, 2.24) is 10.2 Å². The number of carbonyl (C=O) groups excluding carboxylic acids is 2. The first-order valence-electron chi connectivity index (χ1n) is 7.36. The van der Waals surface area contributed by atoms with Gasteiger partial charge in [0.15, 0.2) is 0 Å². The molecular formula is C15H16N4O2S2. The van der Waals surface area contributed by atoms with Crippen molar-refractivity contribution in [2.75, 3.05) is 16.4 Å². The van der Waals surface area contributed by atoms with E-state index in [1.807, 2.05) is 6.07 Å². The van der Waals surface area contributed by atoms with Crippen molar-refractivity contribution in [2.24, 2.45) is 0 Å². The summed E-state index contributed by atoms with van der Waals surface area (Å²) in [5.41, 5.74) is 1.17. The molecule has 8 heteroatoms. The van der Waals surface area contributed by atoms with E-state index in [0.717, 1.165) is 28.5 Å². The van der Waals surface area contributed by atoms with Crippen molar-refractivity contribution < 1.29 is 9.59 Å². The number of anilines is 2. The second-order valence-electron chi connectivity index (χ2n) is 5.06. The maximum absolute atomic E-state index is 12.3. The second-order valence-corrected chi connectivity index (χ2v) is 7.26. The van der Waals surface area contributed by atoms with Crippen LogP contribution in [0.1, 0.15) is 35.1 Å². The number of aryl methyl sites for hydroxylation is 1. The van der Waals surface area contributed by atoms with Crippen molar-refractivity contribution in [1.29, 1.82) is 0 Å². The lowest BCUT2D eigenvalue weighted by Crippen LogP contribution is -2.14. The molecule has 1 aromatic heterocycles. The van der Waals surface area contributed by atoms with Crippen LogP contribution in [0, 0.1) is 0 Å². The Balaban J connectivity index is 1.75. The van der Waals surface area contributed by atoms with Gasteiger partial charge in [-0.25, -0.2) is 0 Å². The van der Waals surface area contributed by atoms with Gasteiger partial charge in [-0.05, 0) is 24.6 Å². The Bertz CT molecular complexity index is 745. The molecule has 2 amide bonds. The van der Waals surface area contributed by atoms with Crippen LogP contribution in [0.25, 0.3) is 0 Å². The normalized spacial score (nSPS) is 13.9. The summed E-state index contributed by atoms with van der Waals surface area (Å²) in [4.78, 5) is 25.0. The number of rotatable bonds is 4. The average molecular weight is 348 g/mol. The fourth-order valence-electron chi connectivity index (χ4n) is 2.15. The lowest BCUT2D eigenvalue weighted by molar-refractivity contribution is -0.115. The Morgan fingerprint density at radius 2 is 2.26 bits per heavy atom. The van der Waals surface area contributed by atoms with Gasteiger partial charge in [-0.1, -0.05) is 18.3 Å². The van der Waals surface area contributed by atoms with Crippen LogP contribution in [0.4, 0.5) is 10.8 Å². The zero-order valence-corrected chi connectivity index (χ0v) is 14.2. The van der Waals surface area contributed by atoms with Gasteiger partial charge in [-0.3, -0.25) is 14.9 Å². The quantitative estimate of drug-likeness (QED) is 0.886. The standard InChI is InChI=1S/C15H16N4O2S2/c1-2-3-13-18-19-15(23-13)17-14(21)9-4-5-11-10(8-9)16-12(20)6-7-22-11/h4-5,8H,2-3,6-7H2,1H3,(H,16,20)(H,17,19,21). The van der Waals surface area contributed by atoms with E-state index in [0.29, 0.717) is 22.8 Å². The summed E-state index contributed by atoms with van der Waals surface area (Å²) in [6, 6.07) is 5.32. The molecule has 0 radical (unpaired) electrons. The van der Waals surface area contributed by atoms with Gasteiger partial charge in [0, 0.05) is 29.1 Å². The van der Waals surface area contributed by atoms with Gasteiger partial charge >= 0.3 is 0 Å². The number of hydrogen-bond donors (Lipinski definition) is 2. The lowest BCUT2D eigenvalue weighted by atomic mass is 10.2. The topological polar surface area (TPSA) is 84.0 Å². The van der Waals surface area contributed by atoms with Crippen LogP contribution in [-0.4, -0.2) is 27.8 Å². The first-order valence-corrected chi connectivity index (χ1v) is 9.16. The van der Waals surface area contributed by atoms with Gasteiger partial charge in [0.25, 0.3) is 5.91 Å². The zero-order chi connectivity index (χ0) is 16.2. The smallest absolute Gasteiger partial charge is 0.257 e. The Morgan fingerprint density at radius 3 is 3.09 bits per heavy atom. The number of benzene rings is 1. The molecule has 1 aliphatic heterocycles. The van der Waals surface area contributed by atoms with E-state index in [9.17, 15) is 9.59 Å². The number of fused-ring (bicyclic) bond motifs is 1. The van der Waals surface area contributed by atoms with E-state index in [2.05, 4.69) is 27.8 Å². The van der Waals surface area contributed by atoms with Gasteiger partial charge < -0.3 is 5.32 Å². The molecule has 3 rings (SSSR count). The predicted molar refractivity (Wildman–Crippen MR) is 92.3 cm³/mol. The highest BCUT2D eigenvalue weighted by molar-refractivity contribution is 7.99. The summed E-state index contributed by atoms with van der Waals surface area (Å²) in [6.07, 6.45) is 2.33. The van der Waals surface area contributed by atoms with E-state index < -0.39 is 0 Å². The third-order valence-corrected chi connectivity index (χ3v) is 5.23. The molecule has 0 saturated carbocycles. The molecule has 2 heterocycles. The number of nitrogens with one attached hydrogen (secondary N) is 2. The predicted octanol–water partition coefficient (Wildman–Crippen LogP) is 3.18. The maximum atomic E-state index is 12.3. The average Bonchev–Trinajstić information content (AvgIpc) is 2.87. The van der Waals surface area contributed by atoms with Gasteiger partial charge in [0.1, 0.15) is 5.01 Å². The van der Waals surface area contributed by atoms with E-state index in [-0.39, 0.29) is 11.8 Å². The monoisotopic (exact) mass is 348 g/mol. The van der Waals surface area contributed by atoms with Gasteiger partial charge in [-0.15, -0.1) is 22.0 Å². The number of aromatic nitrogens is 2. The molecule has 23 heavy (non-hydrogen) atoms. The summed E-state index contributed by atoms with van der Waals surface area (Å²) in [5.74, 6) is 0.465. The highest BCUT2D eigenvalue weighted by atomic mass is 32.2.